The fourth-order valence-electron chi connectivity index (χ4n) is 10.9. The molecule has 20 heteroatoms. The third-order valence-corrected chi connectivity index (χ3v) is 14.2. The summed E-state index contributed by atoms with van der Waals surface area (Å²) < 4.78 is 17.7. The number of nitrogens with zero attached hydrogens (tertiary/aromatic N) is 1. The number of rotatable bonds is 12. The van der Waals surface area contributed by atoms with Gasteiger partial charge in [-0.15, -0.1) is 0 Å². The van der Waals surface area contributed by atoms with Crippen LogP contribution in [0.3, 0.4) is 0 Å². The van der Waals surface area contributed by atoms with Gasteiger partial charge >= 0.3 is 5.96 Å². The molecule has 3 saturated carbocycles. The van der Waals surface area contributed by atoms with E-state index in [1.54, 1.807) is 7.05 Å². The van der Waals surface area contributed by atoms with Gasteiger partial charge in [0, 0.05) is 68.9 Å². The summed E-state index contributed by atoms with van der Waals surface area (Å²) in [4.78, 5) is 58.1. The summed E-state index contributed by atoms with van der Waals surface area (Å²) in [6.45, 7) is 0.596. The van der Waals surface area contributed by atoms with Crippen molar-refractivity contribution in [3.63, 3.8) is 0 Å². The van der Waals surface area contributed by atoms with E-state index in [0.29, 0.717) is 19.4 Å². The minimum Gasteiger partial charge on any atom is -0.396 e. The first-order chi connectivity index (χ1) is 27.4. The number of ketones is 2. The second-order valence-electron chi connectivity index (χ2n) is 17.3. The fourth-order valence-corrected chi connectivity index (χ4v) is 10.9. The van der Waals surface area contributed by atoms with Crippen LogP contribution in [0.25, 0.3) is 0 Å². The smallest absolute Gasteiger partial charge is 0.340 e. The number of guanidine groups is 1. The van der Waals surface area contributed by atoms with E-state index in [1.807, 2.05) is 12.2 Å². The molecule has 12 unspecified atom stereocenters. The minimum atomic E-state index is -3.02. The highest BCUT2D eigenvalue weighted by Gasteiger charge is 2.67. The van der Waals surface area contributed by atoms with Crippen LogP contribution in [0.2, 0.25) is 0 Å². The van der Waals surface area contributed by atoms with Crippen molar-refractivity contribution < 1.29 is 79.4 Å². The van der Waals surface area contributed by atoms with Gasteiger partial charge in [0.1, 0.15) is 42.1 Å². The fraction of sp³-hybridized carbons (Fsp3) is 0.816. The average Bonchev–Trinajstić information content (AvgIpc) is 3.52. The molecular weight excluding hydrogens is 764 g/mol. The molecule has 2 saturated heterocycles. The van der Waals surface area contributed by atoms with Crippen LogP contribution in [0.5, 0.6) is 0 Å². The summed E-state index contributed by atoms with van der Waals surface area (Å²) in [6, 6.07) is 0. The van der Waals surface area contributed by atoms with Crippen LogP contribution in [-0.4, -0.2) is 171 Å². The van der Waals surface area contributed by atoms with E-state index < -0.39 is 127 Å². The van der Waals surface area contributed by atoms with Gasteiger partial charge in [-0.2, -0.15) is 0 Å². The molecule has 3 aliphatic carbocycles. The van der Waals surface area contributed by atoms with Crippen LogP contribution in [0, 0.1) is 53.3 Å². The van der Waals surface area contributed by atoms with Crippen molar-refractivity contribution in [2.75, 3.05) is 47.0 Å². The first-order valence-electron chi connectivity index (χ1n) is 20.3. The molecule has 0 aromatic rings. The molecule has 0 bridgehead atoms. The lowest BCUT2D eigenvalue weighted by Gasteiger charge is -2.56. The quantitative estimate of drug-likeness (QED) is 0.0494. The number of carbonyl (C=O) groups is 4. The number of Topliss-reactive ketones (excluding diaryl/α,β-unsaturated/α-hetero) is 2. The highest BCUT2D eigenvalue weighted by Crippen LogP contribution is 2.53. The van der Waals surface area contributed by atoms with Crippen molar-refractivity contribution in [2.24, 2.45) is 64.7 Å². The Morgan fingerprint density at radius 1 is 1.02 bits per heavy atom. The van der Waals surface area contributed by atoms with Gasteiger partial charge in [0.15, 0.2) is 6.29 Å². The predicted octanol–water partition coefficient (Wildman–Crippen LogP) is -7.67. The molecule has 3 heterocycles. The summed E-state index contributed by atoms with van der Waals surface area (Å²) in [5.74, 6) is -11.9. The molecule has 0 aromatic carbocycles. The molecule has 15 N–H and O–H groups in total. The lowest BCUT2D eigenvalue weighted by molar-refractivity contribution is -0.699. The number of quaternary nitrogens is 1. The molecule has 3 aliphatic heterocycles. The van der Waals surface area contributed by atoms with Crippen molar-refractivity contribution in [3.8, 4) is 0 Å². The number of amides is 2. The van der Waals surface area contributed by atoms with Gasteiger partial charge in [-0.1, -0.05) is 6.92 Å². The zero-order valence-electron chi connectivity index (χ0n) is 33.1. The van der Waals surface area contributed by atoms with E-state index in [2.05, 4.69) is 10.3 Å². The SMILES string of the molecule is C[NH+]=C(N)NCC1C(C)CC2C(=O)C3C(CO)C(OC)CC(O[C@H]4O[C@](O)(CO)[C@](O)(C[C@H](CN5C(=O)C=CC5=O)C5CC[NH2+]C(N)C5)[C@H](O)[C@H]4O)C3C(=O)C2C1O. The van der Waals surface area contributed by atoms with Crippen molar-refractivity contribution in [2.45, 2.75) is 93.4 Å². The maximum Gasteiger partial charge on any atom is 0.340 e. The lowest BCUT2D eigenvalue weighted by atomic mass is 9.51. The minimum absolute atomic E-state index is 0.123. The summed E-state index contributed by atoms with van der Waals surface area (Å²) in [5.41, 5.74) is 9.30. The highest BCUT2D eigenvalue weighted by atomic mass is 16.8. The number of methoxy groups -OCH3 is 1. The molecule has 5 fully saturated rings. The Morgan fingerprint density at radius 3 is 2.31 bits per heavy atom. The summed E-state index contributed by atoms with van der Waals surface area (Å²) in [6.07, 6.45) is -7.45. The van der Waals surface area contributed by atoms with E-state index >= 15 is 0 Å². The summed E-state index contributed by atoms with van der Waals surface area (Å²) >= 11 is 0. The van der Waals surface area contributed by atoms with E-state index in [0.717, 1.165) is 17.1 Å². The Balaban J connectivity index is 1.29. The van der Waals surface area contributed by atoms with E-state index in [-0.39, 0.29) is 55.7 Å². The van der Waals surface area contributed by atoms with Crippen LogP contribution in [0.4, 0.5) is 0 Å². The molecule has 20 nitrogen and oxygen atoms in total. The van der Waals surface area contributed by atoms with Gasteiger partial charge in [0.05, 0.1) is 50.3 Å². The number of piperidine rings is 1. The number of nitrogens with two attached hydrogens (primary N) is 3. The highest BCUT2D eigenvalue weighted by molar-refractivity contribution is 6.12. The number of aliphatic hydroxyl groups excluding tert-OH is 5. The molecular formula is C38H62N6O14+2. The Morgan fingerprint density at radius 2 is 1.71 bits per heavy atom. The number of nitrogens with one attached hydrogen (secondary N) is 2. The molecule has 326 valence electrons. The van der Waals surface area contributed by atoms with Gasteiger partial charge in [-0.05, 0) is 37.0 Å². The molecule has 58 heavy (non-hydrogen) atoms. The largest absolute Gasteiger partial charge is 0.396 e. The van der Waals surface area contributed by atoms with Crippen LogP contribution in [-0.2, 0) is 33.4 Å². The molecule has 6 rings (SSSR count). The number of ether oxygens (including phenoxy) is 3. The normalized spacial score (nSPS) is 45.3. The predicted molar refractivity (Wildman–Crippen MR) is 198 cm³/mol. The number of fused-ring (bicyclic) bond motifs is 2. The topological polar surface area (TPSA) is 335 Å². The number of aliphatic hydroxyl groups is 7. The van der Waals surface area contributed by atoms with Gasteiger partial charge in [-0.3, -0.25) is 45.9 Å². The van der Waals surface area contributed by atoms with Gasteiger partial charge < -0.3 is 55.3 Å². The Kier molecular flexibility index (Phi) is 13.5. The molecule has 0 spiro atoms. The first-order valence-corrected chi connectivity index (χ1v) is 20.3. The third-order valence-electron chi connectivity index (χ3n) is 14.2. The zero-order chi connectivity index (χ0) is 42.4. The Labute approximate surface area is 335 Å². The van der Waals surface area contributed by atoms with Crippen molar-refractivity contribution >= 4 is 29.3 Å². The summed E-state index contributed by atoms with van der Waals surface area (Å²) in [7, 11) is 2.99. The van der Waals surface area contributed by atoms with E-state index in [4.69, 9.17) is 25.7 Å². The number of hydrogen-bond acceptors (Lipinski definition) is 15. The van der Waals surface area contributed by atoms with Gasteiger partial charge in [0.2, 0.25) is 5.79 Å². The van der Waals surface area contributed by atoms with Gasteiger partial charge in [0.25, 0.3) is 11.8 Å². The first kappa shape index (κ1) is 44.6. The Hall–Kier alpha value is -2.99. The standard InChI is InChI=1S/C38H60N6O14/c1-16-8-19-28(31(50)20(16)12-43-36(40)41-2)32(51)29-23(10-22(56-3)21(14-45)27(29)30(19)49)57-35-33(52)34(53)37(54,38(55,15-46)58-35)11-18(17-6-7-42-24(39)9-17)13-44-25(47)4-5-26(44)48/h4-5,16-24,27-29,31,33-35,42,45-46,50,52-55H,6-15,39H2,1-3H3,(H3,40,41,43)/p+2/t16?,17?,18-,19?,20?,21?,22?,23?,24?,27?,28?,29?,31?,33-,34-,35+,37+,38-/m1/s1. The van der Waals surface area contributed by atoms with Crippen LogP contribution in [0.15, 0.2) is 12.2 Å². The van der Waals surface area contributed by atoms with E-state index in [9.17, 15) is 54.9 Å². The number of imide groups is 1. The molecule has 0 radical (unpaired) electrons. The average molecular weight is 827 g/mol. The van der Waals surface area contributed by atoms with Crippen LogP contribution in [0.1, 0.15) is 39.0 Å². The second kappa shape index (κ2) is 17.5. The Bertz CT molecular complexity index is 1600. The van der Waals surface area contributed by atoms with Crippen molar-refractivity contribution in [1.29, 1.82) is 0 Å². The van der Waals surface area contributed by atoms with Crippen LogP contribution < -0.4 is 27.1 Å². The van der Waals surface area contributed by atoms with Crippen LogP contribution >= 0.6 is 0 Å². The van der Waals surface area contributed by atoms with E-state index in [1.165, 1.54) is 7.11 Å². The third kappa shape index (κ3) is 7.87. The van der Waals surface area contributed by atoms with Crippen molar-refractivity contribution in [3.05, 3.63) is 12.2 Å². The molecule has 2 amide bonds. The molecule has 6 aliphatic rings. The molecule has 0 aromatic heterocycles. The maximum atomic E-state index is 14.7. The van der Waals surface area contributed by atoms with Gasteiger partial charge in [-0.25, -0.2) is 0 Å². The zero-order valence-corrected chi connectivity index (χ0v) is 33.1. The second-order valence-corrected chi connectivity index (χ2v) is 17.3. The number of carbonyl (C=O) groups excluding carboxylic acids is 4. The number of hydrogen-bond donors (Lipinski definition) is 12. The lowest BCUT2D eigenvalue weighted by Crippen LogP contribution is -2.94. The molecule has 18 atom stereocenters. The maximum absolute atomic E-state index is 14.7. The monoisotopic (exact) mass is 826 g/mol. The van der Waals surface area contributed by atoms with Crippen molar-refractivity contribution in [1.82, 2.24) is 10.2 Å². The summed E-state index contributed by atoms with van der Waals surface area (Å²) in [5, 5.41) is 85.3.